The molecule has 3 heterocycles. The number of para-hydroxylation sites is 1. The zero-order valence-corrected chi connectivity index (χ0v) is 11.8. The minimum atomic E-state index is 0.259. The Morgan fingerprint density at radius 3 is 2.95 bits per heavy atom. The lowest BCUT2D eigenvalue weighted by Gasteiger charge is -2.45. The minimum absolute atomic E-state index is 0.259. The van der Waals surface area contributed by atoms with Gasteiger partial charge in [0.2, 0.25) is 0 Å². The van der Waals surface area contributed by atoms with E-state index in [0.717, 1.165) is 6.54 Å². The third-order valence-electron chi connectivity index (χ3n) is 4.78. The monoisotopic (exact) mass is 270 g/mol. The van der Waals surface area contributed by atoms with Gasteiger partial charge in [-0.1, -0.05) is 25.1 Å². The summed E-state index contributed by atoms with van der Waals surface area (Å²) >= 11 is 1.79. The summed E-state index contributed by atoms with van der Waals surface area (Å²) in [5.41, 5.74) is 4.40. The average molecular weight is 270 g/mol. The Hall–Kier alpha value is -1.32. The second-order valence-corrected chi connectivity index (χ2v) is 6.64. The Morgan fingerprint density at radius 1 is 1.21 bits per heavy atom. The molecule has 0 radical (unpaired) electrons. The van der Waals surface area contributed by atoms with E-state index in [9.17, 15) is 0 Å². The molecule has 2 aromatic rings. The quantitative estimate of drug-likeness (QED) is 0.819. The molecule has 1 saturated heterocycles. The van der Waals surface area contributed by atoms with Crippen molar-refractivity contribution in [2.75, 3.05) is 11.9 Å². The van der Waals surface area contributed by atoms with E-state index in [1.54, 1.807) is 11.3 Å². The molecule has 1 aromatic heterocycles. The van der Waals surface area contributed by atoms with Crippen molar-refractivity contribution in [1.82, 2.24) is 5.32 Å². The summed E-state index contributed by atoms with van der Waals surface area (Å²) in [5.74, 6) is 0. The molecule has 0 spiro atoms. The summed E-state index contributed by atoms with van der Waals surface area (Å²) in [6.45, 7) is 3.53. The van der Waals surface area contributed by atoms with Crippen molar-refractivity contribution in [2.45, 2.75) is 25.4 Å². The Balaban J connectivity index is 1.87. The van der Waals surface area contributed by atoms with Crippen LogP contribution in [0.1, 0.15) is 36.6 Å². The van der Waals surface area contributed by atoms with Gasteiger partial charge in [-0.2, -0.15) is 11.3 Å². The summed E-state index contributed by atoms with van der Waals surface area (Å²) in [6, 6.07) is 11.9. The third-order valence-corrected chi connectivity index (χ3v) is 5.48. The van der Waals surface area contributed by atoms with Gasteiger partial charge < -0.3 is 10.6 Å². The lowest BCUT2D eigenvalue weighted by atomic mass is 9.69. The van der Waals surface area contributed by atoms with Crippen LogP contribution in [-0.4, -0.2) is 6.54 Å². The number of anilines is 1. The predicted octanol–water partition coefficient (Wildman–Crippen LogP) is 3.96. The second-order valence-electron chi connectivity index (χ2n) is 5.86. The van der Waals surface area contributed by atoms with Gasteiger partial charge in [-0.15, -0.1) is 0 Å². The number of thiophene rings is 1. The van der Waals surface area contributed by atoms with E-state index in [0.29, 0.717) is 12.1 Å². The molecule has 0 aliphatic carbocycles. The van der Waals surface area contributed by atoms with Gasteiger partial charge in [-0.05, 0) is 47.0 Å². The van der Waals surface area contributed by atoms with E-state index in [1.165, 1.54) is 23.2 Å². The van der Waals surface area contributed by atoms with E-state index in [2.05, 4.69) is 58.6 Å². The molecule has 0 saturated carbocycles. The molecule has 3 atom stereocenters. The van der Waals surface area contributed by atoms with Crippen LogP contribution in [0.4, 0.5) is 5.69 Å². The van der Waals surface area contributed by atoms with Crippen LogP contribution in [0.2, 0.25) is 0 Å². The zero-order chi connectivity index (χ0) is 12.9. The number of fused-ring (bicyclic) bond motifs is 3. The molecule has 19 heavy (non-hydrogen) atoms. The second kappa shape index (κ2) is 4.09. The van der Waals surface area contributed by atoms with Crippen molar-refractivity contribution in [3.63, 3.8) is 0 Å². The molecule has 98 valence electrons. The van der Waals surface area contributed by atoms with E-state index >= 15 is 0 Å². The molecule has 1 aromatic carbocycles. The lowest BCUT2D eigenvalue weighted by Crippen LogP contribution is -2.40. The highest BCUT2D eigenvalue weighted by Gasteiger charge is 2.49. The maximum atomic E-state index is 3.78. The predicted molar refractivity (Wildman–Crippen MR) is 80.6 cm³/mol. The first-order valence-electron chi connectivity index (χ1n) is 6.90. The van der Waals surface area contributed by atoms with Crippen molar-refractivity contribution < 1.29 is 0 Å². The normalized spacial score (nSPS) is 32.5. The molecule has 2 unspecified atom stereocenters. The first kappa shape index (κ1) is 11.5. The first-order chi connectivity index (χ1) is 9.29. The smallest absolute Gasteiger partial charge is 0.0594 e. The van der Waals surface area contributed by atoms with Gasteiger partial charge in [0.1, 0.15) is 0 Å². The maximum Gasteiger partial charge on any atom is 0.0594 e. The SMILES string of the molecule is C[C@]12CCNC1c1ccccc1NC2c1ccsc1. The van der Waals surface area contributed by atoms with Crippen molar-refractivity contribution in [1.29, 1.82) is 0 Å². The largest absolute Gasteiger partial charge is 0.377 e. The van der Waals surface area contributed by atoms with Gasteiger partial charge in [0.25, 0.3) is 0 Å². The topological polar surface area (TPSA) is 24.1 Å². The van der Waals surface area contributed by atoms with Crippen molar-refractivity contribution in [3.05, 3.63) is 52.2 Å². The molecule has 2 aliphatic rings. The Labute approximate surface area is 117 Å². The fraction of sp³-hybridized carbons (Fsp3) is 0.375. The van der Waals surface area contributed by atoms with Gasteiger partial charge in [-0.25, -0.2) is 0 Å². The molecule has 2 N–H and O–H groups in total. The highest BCUT2D eigenvalue weighted by atomic mass is 32.1. The number of nitrogens with one attached hydrogen (secondary N) is 2. The van der Waals surface area contributed by atoms with Gasteiger partial charge >= 0.3 is 0 Å². The van der Waals surface area contributed by atoms with Crippen LogP contribution >= 0.6 is 11.3 Å². The van der Waals surface area contributed by atoms with Crippen LogP contribution in [0.15, 0.2) is 41.1 Å². The highest BCUT2D eigenvalue weighted by molar-refractivity contribution is 7.08. The molecule has 2 aliphatic heterocycles. The van der Waals surface area contributed by atoms with E-state index in [1.807, 2.05) is 0 Å². The van der Waals surface area contributed by atoms with Crippen LogP contribution in [-0.2, 0) is 0 Å². The van der Waals surface area contributed by atoms with Gasteiger partial charge in [0.15, 0.2) is 0 Å². The summed E-state index contributed by atoms with van der Waals surface area (Å²) in [5, 5.41) is 12.0. The fourth-order valence-corrected chi connectivity index (χ4v) is 4.43. The van der Waals surface area contributed by atoms with Gasteiger partial charge in [-0.3, -0.25) is 0 Å². The number of rotatable bonds is 1. The van der Waals surface area contributed by atoms with Gasteiger partial charge in [0.05, 0.1) is 6.04 Å². The molecule has 0 amide bonds. The van der Waals surface area contributed by atoms with Crippen LogP contribution < -0.4 is 10.6 Å². The Bertz CT molecular complexity index is 593. The van der Waals surface area contributed by atoms with Crippen LogP contribution in [0.25, 0.3) is 0 Å². The third kappa shape index (κ3) is 1.58. The Morgan fingerprint density at radius 2 is 2.11 bits per heavy atom. The minimum Gasteiger partial charge on any atom is -0.377 e. The summed E-state index contributed by atoms with van der Waals surface area (Å²) in [4.78, 5) is 0. The highest BCUT2D eigenvalue weighted by Crippen LogP contribution is 2.55. The molecule has 2 nitrogen and oxygen atoms in total. The Kier molecular flexibility index (Phi) is 2.47. The molecule has 1 fully saturated rings. The zero-order valence-electron chi connectivity index (χ0n) is 11.0. The summed E-state index contributed by atoms with van der Waals surface area (Å²) in [6.07, 6.45) is 1.22. The van der Waals surface area contributed by atoms with Crippen LogP contribution in [0, 0.1) is 5.41 Å². The standard InChI is InChI=1S/C16H18N2S/c1-16-7-8-17-15(16)12-4-2-3-5-13(12)18-14(16)11-6-9-19-10-11/h2-6,9-10,14-15,17-18H,7-8H2,1H3/t14?,15?,16-/m1/s1. The number of benzene rings is 1. The molecule has 3 heteroatoms. The number of hydrogen-bond donors (Lipinski definition) is 2. The molecular formula is C16H18N2S. The van der Waals surface area contributed by atoms with Crippen molar-refractivity contribution >= 4 is 17.0 Å². The van der Waals surface area contributed by atoms with Gasteiger partial charge in [0, 0.05) is 17.1 Å². The van der Waals surface area contributed by atoms with Crippen LogP contribution in [0.3, 0.4) is 0 Å². The van der Waals surface area contributed by atoms with E-state index in [4.69, 9.17) is 0 Å². The fourth-order valence-electron chi connectivity index (χ4n) is 3.74. The van der Waals surface area contributed by atoms with Crippen molar-refractivity contribution in [3.8, 4) is 0 Å². The maximum absolute atomic E-state index is 3.78. The average Bonchev–Trinajstić information content (AvgIpc) is 3.06. The lowest BCUT2D eigenvalue weighted by molar-refractivity contribution is 0.227. The van der Waals surface area contributed by atoms with Crippen LogP contribution in [0.5, 0.6) is 0 Å². The summed E-state index contributed by atoms with van der Waals surface area (Å²) in [7, 11) is 0. The van der Waals surface area contributed by atoms with E-state index in [-0.39, 0.29) is 5.41 Å². The van der Waals surface area contributed by atoms with Crippen molar-refractivity contribution in [2.24, 2.45) is 5.41 Å². The molecular weight excluding hydrogens is 252 g/mol. The van der Waals surface area contributed by atoms with E-state index < -0.39 is 0 Å². The molecule has 4 rings (SSSR count). The molecule has 0 bridgehead atoms. The first-order valence-corrected chi connectivity index (χ1v) is 7.84. The number of hydrogen-bond acceptors (Lipinski definition) is 3. The summed E-state index contributed by atoms with van der Waals surface area (Å²) < 4.78 is 0.